The highest BCUT2D eigenvalue weighted by atomic mass is 79.9. The quantitative estimate of drug-likeness (QED) is 0.668. The van der Waals surface area contributed by atoms with Crippen LogP contribution in [-0.4, -0.2) is 24.1 Å². The van der Waals surface area contributed by atoms with E-state index in [1.165, 1.54) is 18.9 Å². The molecule has 0 unspecified atom stereocenters. The summed E-state index contributed by atoms with van der Waals surface area (Å²) in [5.41, 5.74) is 0.000171. The lowest BCUT2D eigenvalue weighted by Crippen LogP contribution is -2.38. The topological polar surface area (TPSA) is 64.4 Å². The Morgan fingerprint density at radius 2 is 2.26 bits per heavy atom. The van der Waals surface area contributed by atoms with Gasteiger partial charge in [0.25, 0.3) is 0 Å². The first-order valence-corrected chi connectivity index (χ1v) is 6.77. The van der Waals surface area contributed by atoms with E-state index >= 15 is 0 Å². The summed E-state index contributed by atoms with van der Waals surface area (Å²) in [4.78, 5) is 10.5. The summed E-state index contributed by atoms with van der Waals surface area (Å²) in [6, 6.07) is 5.12. The molecular formula is C12H16BrClN2O3. The van der Waals surface area contributed by atoms with E-state index < -0.39 is 4.92 Å². The first-order chi connectivity index (χ1) is 8.68. The van der Waals surface area contributed by atoms with E-state index in [0.29, 0.717) is 16.8 Å². The Morgan fingerprint density at radius 1 is 1.47 bits per heavy atom. The van der Waals surface area contributed by atoms with Gasteiger partial charge in [-0.05, 0) is 41.4 Å². The highest BCUT2D eigenvalue weighted by Crippen LogP contribution is 2.34. The van der Waals surface area contributed by atoms with E-state index in [-0.39, 0.29) is 24.1 Å². The lowest BCUT2D eigenvalue weighted by atomic mass is 10.1. The predicted molar refractivity (Wildman–Crippen MR) is 79.2 cm³/mol. The smallest absolute Gasteiger partial charge is 0.312 e. The third kappa shape index (κ3) is 4.33. The molecule has 1 aliphatic heterocycles. The normalized spacial score (nSPS) is 18.5. The number of nitrogens with zero attached hydrogens (tertiary/aromatic N) is 1. The first kappa shape index (κ1) is 16.2. The molecule has 0 bridgehead atoms. The minimum atomic E-state index is -0.422. The maximum atomic E-state index is 10.9. The van der Waals surface area contributed by atoms with Crippen molar-refractivity contribution in [2.75, 3.05) is 13.2 Å². The molecule has 1 aromatic carbocycles. The second-order valence-corrected chi connectivity index (χ2v) is 5.16. The summed E-state index contributed by atoms with van der Waals surface area (Å²) < 4.78 is 6.24. The number of rotatable bonds is 4. The van der Waals surface area contributed by atoms with Crippen LogP contribution in [0.5, 0.6) is 5.75 Å². The molecule has 1 aliphatic rings. The van der Waals surface area contributed by atoms with Gasteiger partial charge in [0.05, 0.1) is 9.40 Å². The molecule has 1 N–H and O–H groups in total. The van der Waals surface area contributed by atoms with Crippen molar-refractivity contribution in [3.8, 4) is 5.75 Å². The number of nitro benzene ring substituents is 1. The lowest BCUT2D eigenvalue weighted by molar-refractivity contribution is -0.386. The molecule has 0 radical (unpaired) electrons. The average molecular weight is 352 g/mol. The number of hydrogen-bond acceptors (Lipinski definition) is 4. The number of nitro groups is 1. The molecule has 1 fully saturated rings. The molecule has 0 aromatic heterocycles. The van der Waals surface area contributed by atoms with Gasteiger partial charge >= 0.3 is 5.69 Å². The van der Waals surface area contributed by atoms with Gasteiger partial charge in [0, 0.05) is 12.1 Å². The molecule has 0 amide bonds. The van der Waals surface area contributed by atoms with Crippen molar-refractivity contribution < 1.29 is 9.66 Å². The van der Waals surface area contributed by atoms with Crippen molar-refractivity contribution in [1.82, 2.24) is 5.32 Å². The number of benzene rings is 1. The van der Waals surface area contributed by atoms with Crippen LogP contribution < -0.4 is 10.1 Å². The Bertz CT molecular complexity index is 439. The van der Waals surface area contributed by atoms with Crippen molar-refractivity contribution in [2.45, 2.75) is 25.3 Å². The SMILES string of the molecule is Cl.O=[N+]([O-])c1cccc(Br)c1OC[C@H]1CCCCN1. The van der Waals surface area contributed by atoms with Crippen LogP contribution in [0, 0.1) is 10.1 Å². The lowest BCUT2D eigenvalue weighted by Gasteiger charge is -2.23. The minimum absolute atomic E-state index is 0. The molecule has 1 heterocycles. The molecule has 5 nitrogen and oxygen atoms in total. The average Bonchev–Trinajstić information content (AvgIpc) is 2.38. The first-order valence-electron chi connectivity index (χ1n) is 5.97. The van der Waals surface area contributed by atoms with Gasteiger partial charge in [-0.3, -0.25) is 10.1 Å². The summed E-state index contributed by atoms with van der Waals surface area (Å²) in [5.74, 6) is 0.315. The van der Waals surface area contributed by atoms with Crippen molar-refractivity contribution in [3.05, 3.63) is 32.8 Å². The van der Waals surface area contributed by atoms with Crippen LogP contribution in [-0.2, 0) is 0 Å². The molecule has 1 aromatic rings. The summed E-state index contributed by atoms with van der Waals surface area (Å²) in [7, 11) is 0. The van der Waals surface area contributed by atoms with Gasteiger partial charge in [-0.2, -0.15) is 0 Å². The molecule has 1 saturated heterocycles. The Morgan fingerprint density at radius 3 is 2.89 bits per heavy atom. The van der Waals surface area contributed by atoms with Gasteiger partial charge in [0.2, 0.25) is 5.75 Å². The van der Waals surface area contributed by atoms with E-state index in [0.717, 1.165) is 13.0 Å². The summed E-state index contributed by atoms with van der Waals surface area (Å²) >= 11 is 3.29. The zero-order valence-electron chi connectivity index (χ0n) is 10.3. The fraction of sp³-hybridized carbons (Fsp3) is 0.500. The van der Waals surface area contributed by atoms with E-state index in [1.807, 2.05) is 0 Å². The fourth-order valence-electron chi connectivity index (χ4n) is 2.03. The number of nitrogens with one attached hydrogen (secondary N) is 1. The van der Waals surface area contributed by atoms with Crippen molar-refractivity contribution in [3.63, 3.8) is 0 Å². The summed E-state index contributed by atoms with van der Waals surface area (Å²) in [6.45, 7) is 1.45. The number of piperidine rings is 1. The fourth-order valence-corrected chi connectivity index (χ4v) is 2.50. The molecule has 0 saturated carbocycles. The number of para-hydroxylation sites is 1. The van der Waals surface area contributed by atoms with Crippen LogP contribution in [0.2, 0.25) is 0 Å². The van der Waals surface area contributed by atoms with Crippen LogP contribution in [0.3, 0.4) is 0 Å². The second kappa shape index (κ2) is 7.67. The van der Waals surface area contributed by atoms with E-state index in [4.69, 9.17) is 4.74 Å². The van der Waals surface area contributed by atoms with Gasteiger partial charge in [-0.15, -0.1) is 12.4 Å². The Kier molecular flexibility index (Phi) is 6.54. The highest BCUT2D eigenvalue weighted by molar-refractivity contribution is 9.10. The predicted octanol–water partition coefficient (Wildman–Crippen LogP) is 3.30. The standard InChI is InChI=1S/C12H15BrN2O3.ClH/c13-10-5-3-6-11(15(16)17)12(10)18-8-9-4-1-2-7-14-9;/h3,5-6,9,14H,1-2,4,7-8H2;1H/t9-;/m1./s1. The highest BCUT2D eigenvalue weighted by Gasteiger charge is 2.20. The maximum absolute atomic E-state index is 10.9. The molecule has 7 heteroatoms. The van der Waals surface area contributed by atoms with E-state index in [9.17, 15) is 10.1 Å². The van der Waals surface area contributed by atoms with Gasteiger partial charge in [0.1, 0.15) is 6.61 Å². The number of ether oxygens (including phenoxy) is 1. The third-order valence-corrected chi connectivity index (χ3v) is 3.61. The van der Waals surface area contributed by atoms with Crippen LogP contribution >= 0.6 is 28.3 Å². The molecule has 2 rings (SSSR count). The van der Waals surface area contributed by atoms with Gasteiger partial charge < -0.3 is 10.1 Å². The van der Waals surface area contributed by atoms with Crippen molar-refractivity contribution in [2.24, 2.45) is 0 Å². The Balaban J connectivity index is 0.00000180. The number of hydrogen-bond donors (Lipinski definition) is 1. The summed E-state index contributed by atoms with van der Waals surface area (Å²) in [5, 5.41) is 14.3. The molecule has 0 spiro atoms. The van der Waals surface area contributed by atoms with E-state index in [2.05, 4.69) is 21.2 Å². The third-order valence-electron chi connectivity index (χ3n) is 2.98. The van der Waals surface area contributed by atoms with Crippen molar-refractivity contribution >= 4 is 34.0 Å². The molecular weight excluding hydrogens is 336 g/mol. The molecule has 19 heavy (non-hydrogen) atoms. The molecule has 106 valence electrons. The largest absolute Gasteiger partial charge is 0.484 e. The number of halogens is 2. The zero-order chi connectivity index (χ0) is 13.0. The van der Waals surface area contributed by atoms with Crippen LogP contribution in [0.15, 0.2) is 22.7 Å². The maximum Gasteiger partial charge on any atom is 0.312 e. The van der Waals surface area contributed by atoms with Gasteiger partial charge in [-0.25, -0.2) is 0 Å². The van der Waals surface area contributed by atoms with E-state index in [1.54, 1.807) is 12.1 Å². The van der Waals surface area contributed by atoms with Gasteiger partial charge in [0.15, 0.2) is 0 Å². The van der Waals surface area contributed by atoms with Gasteiger partial charge in [-0.1, -0.05) is 12.5 Å². The second-order valence-electron chi connectivity index (χ2n) is 4.30. The Labute approximate surface area is 126 Å². The molecule has 1 atom stereocenters. The van der Waals surface area contributed by atoms with Crippen LogP contribution in [0.1, 0.15) is 19.3 Å². The monoisotopic (exact) mass is 350 g/mol. The molecule has 0 aliphatic carbocycles. The zero-order valence-corrected chi connectivity index (χ0v) is 12.7. The van der Waals surface area contributed by atoms with Crippen molar-refractivity contribution in [1.29, 1.82) is 0 Å². The van der Waals surface area contributed by atoms with Crippen LogP contribution in [0.25, 0.3) is 0 Å². The summed E-state index contributed by atoms with van der Waals surface area (Å²) in [6.07, 6.45) is 3.42. The Hall–Kier alpha value is -0.850. The minimum Gasteiger partial charge on any atom is -0.484 e. The van der Waals surface area contributed by atoms with Crippen LogP contribution in [0.4, 0.5) is 5.69 Å².